The third kappa shape index (κ3) is 3.01. The molecule has 3 aliphatic rings. The summed E-state index contributed by atoms with van der Waals surface area (Å²) in [6.45, 7) is 5.33. The van der Waals surface area contributed by atoms with Crippen LogP contribution >= 0.6 is 0 Å². The fraction of sp³-hybridized carbons (Fsp3) is 0.875. The van der Waals surface area contributed by atoms with Crippen LogP contribution in [0.15, 0.2) is 0 Å². The molecule has 1 aliphatic heterocycles. The normalized spacial score (nSPS) is 28.3. The van der Waals surface area contributed by atoms with Gasteiger partial charge in [0.25, 0.3) is 0 Å². The minimum atomic E-state index is -0.866. The third-order valence-corrected chi connectivity index (χ3v) is 5.14. The van der Waals surface area contributed by atoms with Crippen molar-refractivity contribution in [2.75, 3.05) is 13.1 Å². The number of hydrogen-bond acceptors (Lipinski definition) is 2. The smallest absolute Gasteiger partial charge is 0.327 e. The Morgan fingerprint density at radius 3 is 2.43 bits per heavy atom. The Balaban J connectivity index is 1.78. The molecule has 3 fully saturated rings. The van der Waals surface area contributed by atoms with E-state index in [4.69, 9.17) is 0 Å². The van der Waals surface area contributed by atoms with Gasteiger partial charge in [0.1, 0.15) is 6.04 Å². The Kier molecular flexibility index (Phi) is 3.62. The molecular weight excluding hydrogens is 268 g/mol. The van der Waals surface area contributed by atoms with E-state index in [1.807, 2.05) is 18.7 Å². The zero-order valence-corrected chi connectivity index (χ0v) is 13.0. The molecule has 0 radical (unpaired) electrons. The lowest BCUT2D eigenvalue weighted by atomic mass is 9.76. The van der Waals surface area contributed by atoms with Gasteiger partial charge in [-0.15, -0.1) is 0 Å². The molecule has 0 spiro atoms. The van der Waals surface area contributed by atoms with Gasteiger partial charge >= 0.3 is 12.0 Å². The van der Waals surface area contributed by atoms with Crippen LogP contribution in [0, 0.1) is 11.3 Å². The number of likely N-dealkylation sites (tertiary alicyclic amines) is 1. The fourth-order valence-corrected chi connectivity index (χ4v) is 3.58. The molecular formula is C16H26N2O3. The van der Waals surface area contributed by atoms with Gasteiger partial charge in [0.2, 0.25) is 0 Å². The quantitative estimate of drug-likeness (QED) is 0.867. The van der Waals surface area contributed by atoms with Gasteiger partial charge in [-0.25, -0.2) is 9.59 Å². The van der Waals surface area contributed by atoms with Crippen LogP contribution in [0.25, 0.3) is 0 Å². The minimum Gasteiger partial charge on any atom is -0.480 e. The van der Waals surface area contributed by atoms with E-state index in [1.165, 1.54) is 12.8 Å². The molecule has 1 unspecified atom stereocenters. The Hall–Kier alpha value is -1.26. The lowest BCUT2D eigenvalue weighted by Gasteiger charge is -2.45. The molecule has 1 atom stereocenters. The SMILES string of the molecule is CC1(C)CCCN(C(=O)N(CC2CC2)C2CC2)C1C(=O)O. The van der Waals surface area contributed by atoms with Crippen molar-refractivity contribution < 1.29 is 14.7 Å². The fourth-order valence-electron chi connectivity index (χ4n) is 3.58. The van der Waals surface area contributed by atoms with Gasteiger partial charge in [-0.2, -0.15) is 0 Å². The molecule has 0 aromatic carbocycles. The molecule has 21 heavy (non-hydrogen) atoms. The number of nitrogens with zero attached hydrogens (tertiary/aromatic N) is 2. The first kappa shape index (κ1) is 14.7. The van der Waals surface area contributed by atoms with Crippen molar-refractivity contribution in [2.45, 2.75) is 64.5 Å². The maximum absolute atomic E-state index is 12.9. The van der Waals surface area contributed by atoms with Crippen molar-refractivity contribution in [3.8, 4) is 0 Å². The predicted molar refractivity (Wildman–Crippen MR) is 79.0 cm³/mol. The minimum absolute atomic E-state index is 0.0374. The highest BCUT2D eigenvalue weighted by atomic mass is 16.4. The van der Waals surface area contributed by atoms with Gasteiger partial charge in [0.05, 0.1) is 0 Å². The first-order chi connectivity index (χ1) is 9.90. The van der Waals surface area contributed by atoms with Gasteiger partial charge < -0.3 is 14.9 Å². The molecule has 3 rings (SSSR count). The Morgan fingerprint density at radius 1 is 1.24 bits per heavy atom. The Bertz CT molecular complexity index is 441. The summed E-state index contributed by atoms with van der Waals surface area (Å²) < 4.78 is 0. The first-order valence-electron chi connectivity index (χ1n) is 8.20. The molecule has 1 N–H and O–H groups in total. The van der Waals surface area contributed by atoms with Crippen molar-refractivity contribution in [1.82, 2.24) is 9.80 Å². The summed E-state index contributed by atoms with van der Waals surface area (Å²) >= 11 is 0. The highest BCUT2D eigenvalue weighted by Gasteiger charge is 2.47. The number of piperidine rings is 1. The Labute approximate surface area is 126 Å². The summed E-state index contributed by atoms with van der Waals surface area (Å²) in [6, 6.07) is -0.374. The summed E-state index contributed by atoms with van der Waals surface area (Å²) in [6.07, 6.45) is 6.33. The second-order valence-corrected chi connectivity index (χ2v) is 7.64. The molecule has 5 heteroatoms. The van der Waals surface area contributed by atoms with Crippen LogP contribution < -0.4 is 0 Å². The topological polar surface area (TPSA) is 60.9 Å². The van der Waals surface area contributed by atoms with Crippen LogP contribution in [0.2, 0.25) is 0 Å². The summed E-state index contributed by atoms with van der Waals surface area (Å²) in [5.74, 6) is -0.217. The second-order valence-electron chi connectivity index (χ2n) is 7.64. The number of carbonyl (C=O) groups excluding carboxylic acids is 1. The third-order valence-electron chi connectivity index (χ3n) is 5.14. The summed E-state index contributed by atoms with van der Waals surface area (Å²) in [7, 11) is 0. The van der Waals surface area contributed by atoms with Crippen LogP contribution in [0.5, 0.6) is 0 Å². The zero-order valence-electron chi connectivity index (χ0n) is 13.0. The van der Waals surface area contributed by atoms with E-state index >= 15 is 0 Å². The average Bonchev–Trinajstić information content (AvgIpc) is 3.24. The number of rotatable bonds is 4. The number of carboxylic acids is 1. The summed E-state index contributed by atoms with van der Waals surface area (Å²) in [4.78, 5) is 28.2. The molecule has 2 amide bonds. The van der Waals surface area contributed by atoms with E-state index in [2.05, 4.69) is 0 Å². The molecule has 2 saturated carbocycles. The molecule has 1 heterocycles. The summed E-state index contributed by atoms with van der Waals surface area (Å²) in [5.41, 5.74) is -0.353. The van der Waals surface area contributed by atoms with Gasteiger partial charge in [-0.05, 0) is 49.9 Å². The lowest BCUT2D eigenvalue weighted by molar-refractivity contribution is -0.148. The van der Waals surface area contributed by atoms with Crippen LogP contribution in [-0.4, -0.2) is 52.1 Å². The van der Waals surface area contributed by atoms with Crippen molar-refractivity contribution in [3.63, 3.8) is 0 Å². The highest BCUT2D eigenvalue weighted by molar-refractivity contribution is 5.84. The predicted octanol–water partition coefficient (Wildman–Crippen LogP) is 2.56. The number of hydrogen-bond donors (Lipinski definition) is 1. The number of aliphatic carboxylic acids is 1. The summed E-state index contributed by atoms with van der Waals surface area (Å²) in [5, 5.41) is 9.61. The molecule has 0 aromatic heterocycles. The Morgan fingerprint density at radius 2 is 1.90 bits per heavy atom. The van der Waals surface area contributed by atoms with Gasteiger partial charge in [-0.1, -0.05) is 13.8 Å². The molecule has 5 nitrogen and oxygen atoms in total. The maximum atomic E-state index is 12.9. The molecule has 2 aliphatic carbocycles. The van der Waals surface area contributed by atoms with E-state index in [-0.39, 0.29) is 11.4 Å². The van der Waals surface area contributed by atoms with Crippen molar-refractivity contribution in [3.05, 3.63) is 0 Å². The van der Waals surface area contributed by atoms with Gasteiger partial charge in [0, 0.05) is 19.1 Å². The molecule has 0 aromatic rings. The molecule has 1 saturated heterocycles. The van der Waals surface area contributed by atoms with Gasteiger partial charge in [-0.3, -0.25) is 0 Å². The largest absolute Gasteiger partial charge is 0.480 e. The number of amides is 2. The van der Waals surface area contributed by atoms with E-state index < -0.39 is 12.0 Å². The van der Waals surface area contributed by atoms with Crippen LogP contribution in [0.3, 0.4) is 0 Å². The van der Waals surface area contributed by atoms with E-state index in [0.717, 1.165) is 32.2 Å². The highest BCUT2D eigenvalue weighted by Crippen LogP contribution is 2.39. The standard InChI is InChI=1S/C16H26N2O3/c1-16(2)8-3-9-17(13(16)14(19)20)15(21)18(12-6-7-12)10-11-4-5-11/h11-13H,3-10H2,1-2H3,(H,19,20). The monoisotopic (exact) mass is 294 g/mol. The van der Waals surface area contributed by atoms with Crippen LogP contribution in [-0.2, 0) is 4.79 Å². The van der Waals surface area contributed by atoms with E-state index in [0.29, 0.717) is 18.5 Å². The lowest BCUT2D eigenvalue weighted by Crippen LogP contribution is -2.59. The molecule has 118 valence electrons. The van der Waals surface area contributed by atoms with Crippen molar-refractivity contribution in [2.24, 2.45) is 11.3 Å². The van der Waals surface area contributed by atoms with Crippen molar-refractivity contribution in [1.29, 1.82) is 0 Å². The zero-order chi connectivity index (χ0) is 15.2. The second kappa shape index (κ2) is 5.18. The average molecular weight is 294 g/mol. The number of carbonyl (C=O) groups is 2. The van der Waals surface area contributed by atoms with Crippen LogP contribution in [0.1, 0.15) is 52.4 Å². The van der Waals surface area contributed by atoms with E-state index in [1.54, 1.807) is 4.90 Å². The number of urea groups is 1. The van der Waals surface area contributed by atoms with Crippen LogP contribution in [0.4, 0.5) is 4.79 Å². The van der Waals surface area contributed by atoms with E-state index in [9.17, 15) is 14.7 Å². The number of carboxylic acid groups (broad SMARTS) is 1. The maximum Gasteiger partial charge on any atom is 0.327 e. The molecule has 0 bridgehead atoms. The first-order valence-corrected chi connectivity index (χ1v) is 8.20. The van der Waals surface area contributed by atoms with Crippen molar-refractivity contribution >= 4 is 12.0 Å². The van der Waals surface area contributed by atoms with Gasteiger partial charge in [0.15, 0.2) is 0 Å².